The van der Waals surface area contributed by atoms with Gasteiger partial charge >= 0.3 is 11.9 Å². The fraction of sp³-hybridized carbons (Fsp3) is 0.333. The van der Waals surface area contributed by atoms with E-state index in [1.807, 2.05) is 6.07 Å². The van der Waals surface area contributed by atoms with E-state index in [2.05, 4.69) is 0 Å². The Kier molecular flexibility index (Phi) is 12.3. The second-order valence-electron chi connectivity index (χ2n) is 2.83. The van der Waals surface area contributed by atoms with Crippen LogP contribution in [0.25, 0.3) is 0 Å². The van der Waals surface area contributed by atoms with Gasteiger partial charge in [-0.1, -0.05) is 32.0 Å². The smallest absolute Gasteiger partial charge is 0.303 e. The van der Waals surface area contributed by atoms with Crippen LogP contribution in [-0.2, 0) is 9.59 Å². The standard InChI is InChI=1S/C6H6O.2C3H6O2/c7-6-4-2-1-3-5-6;2*1-2-3(4)5/h1-5,7H;2*2H2,1H3,(H,4,5). The van der Waals surface area contributed by atoms with Gasteiger partial charge in [0, 0.05) is 12.8 Å². The Morgan fingerprint density at radius 2 is 1.24 bits per heavy atom. The molecule has 0 radical (unpaired) electrons. The fourth-order valence-electron chi connectivity index (χ4n) is 0.428. The maximum absolute atomic E-state index is 9.37. The van der Waals surface area contributed by atoms with Crippen LogP contribution in [0.3, 0.4) is 0 Å². The maximum atomic E-state index is 9.37. The molecule has 5 heteroatoms. The number of aliphatic carboxylic acids is 2. The van der Waals surface area contributed by atoms with E-state index in [-0.39, 0.29) is 12.8 Å². The summed E-state index contributed by atoms with van der Waals surface area (Å²) in [5.41, 5.74) is 0. The zero-order chi connectivity index (χ0) is 13.7. The predicted octanol–water partition coefficient (Wildman–Crippen LogP) is 2.35. The number of carboxylic acid groups (broad SMARTS) is 2. The van der Waals surface area contributed by atoms with E-state index < -0.39 is 11.9 Å². The van der Waals surface area contributed by atoms with Gasteiger partial charge in [0.05, 0.1) is 0 Å². The van der Waals surface area contributed by atoms with Crippen molar-refractivity contribution in [1.29, 1.82) is 0 Å². The van der Waals surface area contributed by atoms with Gasteiger partial charge in [0.15, 0.2) is 0 Å². The quantitative estimate of drug-likeness (QED) is 0.740. The summed E-state index contributed by atoms with van der Waals surface area (Å²) in [5.74, 6) is -1.17. The molecule has 0 atom stereocenters. The van der Waals surface area contributed by atoms with Crippen LogP contribution >= 0.6 is 0 Å². The third kappa shape index (κ3) is 20.1. The van der Waals surface area contributed by atoms with Gasteiger partial charge < -0.3 is 15.3 Å². The lowest BCUT2D eigenvalue weighted by molar-refractivity contribution is -0.137. The van der Waals surface area contributed by atoms with Gasteiger partial charge in [-0.05, 0) is 12.1 Å². The largest absolute Gasteiger partial charge is 0.508 e. The number of para-hydroxylation sites is 1. The molecule has 0 aromatic heterocycles. The molecule has 0 spiro atoms. The average molecular weight is 242 g/mol. The highest BCUT2D eigenvalue weighted by atomic mass is 16.4. The first-order valence-corrected chi connectivity index (χ1v) is 5.11. The van der Waals surface area contributed by atoms with Gasteiger partial charge in [0.2, 0.25) is 0 Å². The molecule has 0 saturated heterocycles. The Labute approximate surface area is 100 Å². The predicted molar refractivity (Wildman–Crippen MR) is 64.0 cm³/mol. The lowest BCUT2D eigenvalue weighted by Gasteiger charge is -1.82. The molecule has 0 bridgehead atoms. The van der Waals surface area contributed by atoms with Gasteiger partial charge in [-0.3, -0.25) is 9.59 Å². The third-order valence-electron chi connectivity index (χ3n) is 1.36. The second kappa shape index (κ2) is 12.0. The van der Waals surface area contributed by atoms with Crippen molar-refractivity contribution in [3.05, 3.63) is 30.3 Å². The average Bonchev–Trinajstić information content (AvgIpc) is 2.31. The monoisotopic (exact) mass is 242 g/mol. The summed E-state index contributed by atoms with van der Waals surface area (Å²) in [5, 5.41) is 24.1. The van der Waals surface area contributed by atoms with Crippen LogP contribution in [0.1, 0.15) is 26.7 Å². The van der Waals surface area contributed by atoms with Gasteiger partial charge in [-0.15, -0.1) is 0 Å². The highest BCUT2D eigenvalue weighted by molar-refractivity contribution is 5.66. The normalized spacial score (nSPS) is 7.88. The molecule has 96 valence electrons. The number of phenolic OH excluding ortho intramolecular Hbond substituents is 1. The number of carboxylic acids is 2. The summed E-state index contributed by atoms with van der Waals surface area (Å²) in [6, 6.07) is 8.71. The maximum Gasteiger partial charge on any atom is 0.303 e. The lowest BCUT2D eigenvalue weighted by atomic mass is 10.3. The highest BCUT2D eigenvalue weighted by Gasteiger charge is 1.81. The topological polar surface area (TPSA) is 94.8 Å². The number of phenols is 1. The number of hydrogen-bond donors (Lipinski definition) is 3. The van der Waals surface area contributed by atoms with Crippen LogP contribution in [0.5, 0.6) is 5.75 Å². The molecule has 0 aliphatic rings. The van der Waals surface area contributed by atoms with Crippen LogP contribution in [0.2, 0.25) is 0 Å². The van der Waals surface area contributed by atoms with E-state index in [4.69, 9.17) is 15.3 Å². The molecule has 0 saturated carbocycles. The number of rotatable bonds is 2. The second-order valence-corrected chi connectivity index (χ2v) is 2.83. The zero-order valence-electron chi connectivity index (χ0n) is 9.96. The lowest BCUT2D eigenvalue weighted by Crippen LogP contribution is -1.86. The Hall–Kier alpha value is -2.04. The van der Waals surface area contributed by atoms with Crippen LogP contribution in [0, 0.1) is 0 Å². The Morgan fingerprint density at radius 3 is 1.35 bits per heavy atom. The van der Waals surface area contributed by atoms with E-state index in [9.17, 15) is 9.59 Å². The Balaban J connectivity index is 0. The number of carbonyl (C=O) groups is 2. The molecule has 0 fully saturated rings. The number of benzene rings is 1. The van der Waals surface area contributed by atoms with Crippen LogP contribution < -0.4 is 0 Å². The van der Waals surface area contributed by atoms with E-state index in [0.29, 0.717) is 5.75 Å². The first-order valence-electron chi connectivity index (χ1n) is 5.11. The highest BCUT2D eigenvalue weighted by Crippen LogP contribution is 2.02. The summed E-state index contributed by atoms with van der Waals surface area (Å²) in [4.78, 5) is 18.7. The van der Waals surface area contributed by atoms with Crippen molar-refractivity contribution in [3.63, 3.8) is 0 Å². The summed E-state index contributed by atoms with van der Waals surface area (Å²) in [6.45, 7) is 3.20. The fourth-order valence-corrected chi connectivity index (χ4v) is 0.428. The van der Waals surface area contributed by atoms with E-state index >= 15 is 0 Å². The number of hydrogen-bond acceptors (Lipinski definition) is 3. The minimum atomic E-state index is -0.745. The SMILES string of the molecule is CCC(=O)O.CCC(=O)O.Oc1ccccc1. The minimum Gasteiger partial charge on any atom is -0.508 e. The molecule has 1 aromatic rings. The Bertz CT molecular complexity index is 294. The molecule has 0 amide bonds. The van der Waals surface area contributed by atoms with Crippen LogP contribution in [0.15, 0.2) is 30.3 Å². The molecule has 3 N–H and O–H groups in total. The molecule has 0 heterocycles. The van der Waals surface area contributed by atoms with Crippen LogP contribution in [0.4, 0.5) is 0 Å². The molecular weight excluding hydrogens is 224 g/mol. The van der Waals surface area contributed by atoms with Crippen molar-refractivity contribution in [3.8, 4) is 5.75 Å². The van der Waals surface area contributed by atoms with Gasteiger partial charge in [0.1, 0.15) is 5.75 Å². The third-order valence-corrected chi connectivity index (χ3v) is 1.36. The minimum absolute atomic E-state index is 0.222. The van der Waals surface area contributed by atoms with Gasteiger partial charge in [0.25, 0.3) is 0 Å². The summed E-state index contributed by atoms with van der Waals surface area (Å²) >= 11 is 0. The van der Waals surface area contributed by atoms with E-state index in [0.717, 1.165) is 0 Å². The van der Waals surface area contributed by atoms with Crippen molar-refractivity contribution in [2.24, 2.45) is 0 Å². The van der Waals surface area contributed by atoms with Crippen molar-refractivity contribution in [2.75, 3.05) is 0 Å². The van der Waals surface area contributed by atoms with Crippen molar-refractivity contribution >= 4 is 11.9 Å². The molecule has 1 rings (SSSR count). The molecule has 0 aliphatic carbocycles. The molecule has 17 heavy (non-hydrogen) atoms. The summed E-state index contributed by atoms with van der Waals surface area (Å²) < 4.78 is 0. The van der Waals surface area contributed by atoms with E-state index in [1.54, 1.807) is 38.1 Å². The van der Waals surface area contributed by atoms with Crippen molar-refractivity contribution in [2.45, 2.75) is 26.7 Å². The molecular formula is C12H18O5. The van der Waals surface area contributed by atoms with Crippen molar-refractivity contribution in [1.82, 2.24) is 0 Å². The van der Waals surface area contributed by atoms with Gasteiger partial charge in [-0.25, -0.2) is 0 Å². The summed E-state index contributed by atoms with van der Waals surface area (Å²) in [7, 11) is 0. The number of aromatic hydroxyl groups is 1. The van der Waals surface area contributed by atoms with Crippen molar-refractivity contribution < 1.29 is 24.9 Å². The Morgan fingerprint density at radius 1 is 0.941 bits per heavy atom. The first kappa shape index (κ1) is 17.4. The molecule has 0 unspecified atom stereocenters. The first-order chi connectivity index (χ1) is 7.93. The van der Waals surface area contributed by atoms with E-state index in [1.165, 1.54) is 0 Å². The van der Waals surface area contributed by atoms with Gasteiger partial charge in [-0.2, -0.15) is 0 Å². The molecule has 0 aliphatic heterocycles. The zero-order valence-corrected chi connectivity index (χ0v) is 9.96. The summed E-state index contributed by atoms with van der Waals surface area (Å²) in [6.07, 6.45) is 0.444. The van der Waals surface area contributed by atoms with Crippen LogP contribution in [-0.4, -0.2) is 27.3 Å². The molecule has 1 aromatic carbocycles. The molecule has 5 nitrogen and oxygen atoms in total.